The van der Waals surface area contributed by atoms with Crippen LogP contribution in [0.15, 0.2) is 30.9 Å². The zero-order valence-electron chi connectivity index (χ0n) is 8.29. The van der Waals surface area contributed by atoms with Crippen molar-refractivity contribution in [3.05, 3.63) is 42.2 Å². The van der Waals surface area contributed by atoms with Crippen LogP contribution >= 0.6 is 0 Å². The second kappa shape index (κ2) is 4.42. The fraction of sp³-hybridized carbons (Fsp3) is 0.111. The molecule has 0 aliphatic rings. The topological polar surface area (TPSA) is 71.2 Å². The third kappa shape index (κ3) is 2.26. The van der Waals surface area contributed by atoms with Crippen LogP contribution in [0.3, 0.4) is 0 Å². The van der Waals surface area contributed by atoms with Gasteiger partial charge in [-0.3, -0.25) is 0 Å². The van der Waals surface area contributed by atoms with Crippen LogP contribution in [-0.2, 0) is 6.54 Å². The number of nitrogens with zero attached hydrogens (tertiary/aromatic N) is 3. The van der Waals surface area contributed by atoms with Gasteiger partial charge in [-0.2, -0.15) is 5.10 Å². The summed E-state index contributed by atoms with van der Waals surface area (Å²) in [4.78, 5) is 3.76. The molecule has 1 aromatic heterocycles. The molecule has 2 N–H and O–H groups in total. The van der Waals surface area contributed by atoms with Crippen LogP contribution in [-0.4, -0.2) is 31.9 Å². The molecule has 16 heavy (non-hydrogen) atoms. The van der Waals surface area contributed by atoms with Crippen molar-refractivity contribution in [3.63, 3.8) is 0 Å². The van der Waals surface area contributed by atoms with E-state index in [1.54, 1.807) is 0 Å². The predicted octanol–water partition coefficient (Wildman–Crippen LogP) is -0.855. The Bertz CT molecular complexity index is 476. The predicted molar refractivity (Wildman–Crippen MR) is 55.3 cm³/mol. The Kier molecular flexibility index (Phi) is 2.98. The quantitative estimate of drug-likeness (QED) is 0.662. The van der Waals surface area contributed by atoms with Crippen LogP contribution in [0.25, 0.3) is 0 Å². The lowest BCUT2D eigenvalue weighted by Crippen LogP contribution is -2.34. The van der Waals surface area contributed by atoms with E-state index >= 15 is 0 Å². The molecule has 0 fully saturated rings. The third-order valence-corrected chi connectivity index (χ3v) is 2.19. The molecule has 0 unspecified atom stereocenters. The van der Waals surface area contributed by atoms with Gasteiger partial charge < -0.3 is 10.0 Å². The fourth-order valence-electron chi connectivity index (χ4n) is 1.44. The molecular formula is C9H9BFN3O2. The molecule has 0 spiro atoms. The Morgan fingerprint density at radius 3 is 2.81 bits per heavy atom. The average molecular weight is 221 g/mol. The minimum absolute atomic E-state index is 0.135. The second-order valence-electron chi connectivity index (χ2n) is 3.31. The molecular weight excluding hydrogens is 212 g/mol. The summed E-state index contributed by atoms with van der Waals surface area (Å²) in [6, 6.07) is 3.85. The van der Waals surface area contributed by atoms with Gasteiger partial charge in [0.25, 0.3) is 0 Å². The van der Waals surface area contributed by atoms with Crippen molar-refractivity contribution < 1.29 is 14.4 Å². The Morgan fingerprint density at radius 2 is 2.19 bits per heavy atom. The highest BCUT2D eigenvalue weighted by atomic mass is 19.1. The highest BCUT2D eigenvalue weighted by Crippen LogP contribution is 2.03. The number of rotatable bonds is 3. The molecule has 7 heteroatoms. The Balaban J connectivity index is 2.33. The van der Waals surface area contributed by atoms with Crippen LogP contribution in [0.4, 0.5) is 4.39 Å². The molecule has 2 rings (SSSR count). The molecule has 2 aromatic rings. The van der Waals surface area contributed by atoms with Gasteiger partial charge in [-0.25, -0.2) is 14.1 Å². The van der Waals surface area contributed by atoms with E-state index in [1.165, 1.54) is 29.5 Å². The number of hydrogen-bond donors (Lipinski definition) is 2. The van der Waals surface area contributed by atoms with Gasteiger partial charge in [0.05, 0.1) is 6.54 Å². The first-order valence-corrected chi connectivity index (χ1v) is 4.63. The summed E-state index contributed by atoms with van der Waals surface area (Å²) >= 11 is 0. The fourth-order valence-corrected chi connectivity index (χ4v) is 1.44. The second-order valence-corrected chi connectivity index (χ2v) is 3.31. The van der Waals surface area contributed by atoms with E-state index in [-0.39, 0.29) is 5.46 Å². The monoisotopic (exact) mass is 221 g/mol. The maximum Gasteiger partial charge on any atom is 0.488 e. The van der Waals surface area contributed by atoms with E-state index < -0.39 is 12.9 Å². The first-order valence-electron chi connectivity index (χ1n) is 4.63. The van der Waals surface area contributed by atoms with Crippen LogP contribution in [0.2, 0.25) is 0 Å². The van der Waals surface area contributed by atoms with Crippen LogP contribution in [0.1, 0.15) is 5.56 Å². The van der Waals surface area contributed by atoms with Gasteiger partial charge in [-0.1, -0.05) is 6.07 Å². The van der Waals surface area contributed by atoms with Crippen molar-refractivity contribution in [1.82, 2.24) is 14.8 Å². The van der Waals surface area contributed by atoms with E-state index in [0.29, 0.717) is 12.1 Å². The molecule has 0 aliphatic heterocycles. The van der Waals surface area contributed by atoms with Gasteiger partial charge in [0, 0.05) is 0 Å². The van der Waals surface area contributed by atoms with Crippen LogP contribution in [0.5, 0.6) is 0 Å². The highest BCUT2D eigenvalue weighted by Gasteiger charge is 2.17. The Labute approximate surface area is 91.3 Å². The maximum absolute atomic E-state index is 12.9. The van der Waals surface area contributed by atoms with Crippen molar-refractivity contribution in [3.8, 4) is 0 Å². The average Bonchev–Trinajstić information content (AvgIpc) is 2.73. The summed E-state index contributed by atoms with van der Waals surface area (Å²) in [7, 11) is -1.70. The molecule has 0 aliphatic carbocycles. The lowest BCUT2D eigenvalue weighted by molar-refractivity contribution is 0.424. The lowest BCUT2D eigenvalue weighted by atomic mass is 9.77. The smallest absolute Gasteiger partial charge is 0.423 e. The molecule has 0 atom stereocenters. The molecule has 0 bridgehead atoms. The van der Waals surface area contributed by atoms with E-state index in [1.807, 2.05) is 0 Å². The van der Waals surface area contributed by atoms with Crippen LogP contribution in [0, 0.1) is 5.82 Å². The molecule has 1 heterocycles. The molecule has 0 radical (unpaired) electrons. The summed E-state index contributed by atoms with van der Waals surface area (Å²) in [6.07, 6.45) is 2.87. The van der Waals surface area contributed by atoms with Gasteiger partial charge >= 0.3 is 7.12 Å². The first-order chi connectivity index (χ1) is 7.66. The molecule has 82 valence electrons. The number of halogens is 1. The zero-order valence-corrected chi connectivity index (χ0v) is 8.29. The van der Waals surface area contributed by atoms with Crippen molar-refractivity contribution >= 4 is 12.6 Å². The zero-order chi connectivity index (χ0) is 11.5. The van der Waals surface area contributed by atoms with Gasteiger partial charge in [0.2, 0.25) is 0 Å². The first kappa shape index (κ1) is 10.8. The van der Waals surface area contributed by atoms with Crippen molar-refractivity contribution in [2.24, 2.45) is 0 Å². The minimum Gasteiger partial charge on any atom is -0.423 e. The Morgan fingerprint density at radius 1 is 1.38 bits per heavy atom. The number of hydrogen-bond acceptors (Lipinski definition) is 4. The molecule has 0 saturated heterocycles. The molecule has 0 saturated carbocycles. The SMILES string of the molecule is OB(O)c1cc(F)ccc1Cn1cncn1. The van der Waals surface area contributed by atoms with Crippen molar-refractivity contribution in [2.45, 2.75) is 6.54 Å². The van der Waals surface area contributed by atoms with E-state index in [0.717, 1.165) is 6.07 Å². The molecule has 1 aromatic carbocycles. The standard InChI is InChI=1S/C9H9BFN3O2/c11-8-2-1-7(9(3-8)10(15)16)4-14-6-12-5-13-14/h1-3,5-6,15-16H,4H2. The van der Waals surface area contributed by atoms with E-state index in [4.69, 9.17) is 10.0 Å². The maximum atomic E-state index is 12.9. The van der Waals surface area contributed by atoms with Gasteiger partial charge in [-0.15, -0.1) is 0 Å². The summed E-state index contributed by atoms with van der Waals surface area (Å²) in [6.45, 7) is 0.313. The summed E-state index contributed by atoms with van der Waals surface area (Å²) in [5.41, 5.74) is 0.720. The largest absolute Gasteiger partial charge is 0.488 e. The van der Waals surface area contributed by atoms with Crippen molar-refractivity contribution in [1.29, 1.82) is 0 Å². The van der Waals surface area contributed by atoms with Gasteiger partial charge in [0.1, 0.15) is 18.5 Å². The molecule has 0 amide bonds. The van der Waals surface area contributed by atoms with Gasteiger partial charge in [0.15, 0.2) is 0 Å². The van der Waals surface area contributed by atoms with Crippen LogP contribution < -0.4 is 5.46 Å². The third-order valence-electron chi connectivity index (χ3n) is 2.19. The Hall–Kier alpha value is -1.73. The van der Waals surface area contributed by atoms with Gasteiger partial charge in [-0.05, 0) is 23.2 Å². The van der Waals surface area contributed by atoms with E-state index in [2.05, 4.69) is 10.1 Å². The van der Waals surface area contributed by atoms with Crippen molar-refractivity contribution in [2.75, 3.05) is 0 Å². The normalized spacial score (nSPS) is 10.4. The highest BCUT2D eigenvalue weighted by molar-refractivity contribution is 6.59. The molecule has 5 nitrogen and oxygen atoms in total. The van der Waals surface area contributed by atoms with E-state index in [9.17, 15) is 4.39 Å². The number of benzene rings is 1. The summed E-state index contributed by atoms with van der Waals surface area (Å²) < 4.78 is 14.4. The minimum atomic E-state index is -1.70. The number of aromatic nitrogens is 3. The lowest BCUT2D eigenvalue weighted by Gasteiger charge is -2.08. The summed E-state index contributed by atoms with van der Waals surface area (Å²) in [5.74, 6) is -0.509. The summed E-state index contributed by atoms with van der Waals surface area (Å²) in [5, 5.41) is 22.1.